The Bertz CT molecular complexity index is 540. The lowest BCUT2D eigenvalue weighted by Crippen LogP contribution is -2.40. The molecule has 1 fully saturated rings. The summed E-state index contributed by atoms with van der Waals surface area (Å²) in [6, 6.07) is 2.44. The molecule has 0 amide bonds. The number of nitrogens with zero attached hydrogens (tertiary/aromatic N) is 5. The Morgan fingerprint density at radius 2 is 2.17 bits per heavy atom. The fraction of sp³-hybridized carbons (Fsp3) is 0.583. The Labute approximate surface area is 106 Å². The second-order valence-corrected chi connectivity index (χ2v) is 4.76. The van der Waals surface area contributed by atoms with Crippen LogP contribution in [0.15, 0.2) is 12.4 Å². The van der Waals surface area contributed by atoms with Gasteiger partial charge in [0.2, 0.25) is 0 Å². The third-order valence-corrected chi connectivity index (χ3v) is 3.51. The zero-order chi connectivity index (χ0) is 12.5. The van der Waals surface area contributed by atoms with E-state index in [1.165, 1.54) is 0 Å². The molecule has 0 atom stereocenters. The first kappa shape index (κ1) is 11.4. The normalized spacial score (nSPS) is 17.6. The number of piperidine rings is 1. The lowest BCUT2D eigenvalue weighted by Gasteiger charge is -2.31. The number of hydrogen-bond acceptors (Lipinski definition) is 5. The lowest BCUT2D eigenvalue weighted by atomic mass is 10.1. The number of rotatable bonds is 2. The average Bonchev–Trinajstić information content (AvgIpc) is 2.86. The van der Waals surface area contributed by atoms with Crippen LogP contribution in [0.4, 0.5) is 5.82 Å². The molecule has 0 unspecified atom stereocenters. The van der Waals surface area contributed by atoms with E-state index in [-0.39, 0.29) is 0 Å². The highest BCUT2D eigenvalue weighted by Crippen LogP contribution is 2.20. The second kappa shape index (κ2) is 4.53. The zero-order valence-electron chi connectivity index (χ0n) is 10.6. The summed E-state index contributed by atoms with van der Waals surface area (Å²) in [5, 5.41) is 4.26. The third kappa shape index (κ3) is 1.92. The van der Waals surface area contributed by atoms with E-state index in [9.17, 15) is 0 Å². The van der Waals surface area contributed by atoms with Gasteiger partial charge in [0, 0.05) is 30.9 Å². The molecule has 0 bridgehead atoms. The van der Waals surface area contributed by atoms with Crippen LogP contribution in [0.5, 0.6) is 0 Å². The van der Waals surface area contributed by atoms with Crippen LogP contribution < -0.4 is 10.6 Å². The fourth-order valence-electron chi connectivity index (χ4n) is 2.38. The largest absolute Gasteiger partial charge is 0.356 e. The number of aromatic nitrogens is 4. The van der Waals surface area contributed by atoms with Crippen molar-refractivity contribution in [1.29, 1.82) is 0 Å². The standard InChI is InChI=1S/C12H18N6/c1-2-10-7-11(17-5-3-9(13)4-6-17)18-12(16-10)14-8-15-18/h7-9H,2-6,13H2,1H3. The van der Waals surface area contributed by atoms with Crippen molar-refractivity contribution in [3.63, 3.8) is 0 Å². The maximum atomic E-state index is 5.95. The van der Waals surface area contributed by atoms with E-state index in [0.717, 1.165) is 43.9 Å². The molecule has 2 aromatic rings. The van der Waals surface area contributed by atoms with Crippen LogP contribution in [0, 0.1) is 0 Å². The molecule has 2 aromatic heterocycles. The highest BCUT2D eigenvalue weighted by Gasteiger charge is 2.19. The predicted octanol–water partition coefficient (Wildman–Crippen LogP) is 0.614. The molecular weight excluding hydrogens is 228 g/mol. The van der Waals surface area contributed by atoms with Gasteiger partial charge in [-0.1, -0.05) is 6.92 Å². The van der Waals surface area contributed by atoms with Crippen molar-refractivity contribution >= 4 is 11.6 Å². The van der Waals surface area contributed by atoms with Gasteiger partial charge in [0.15, 0.2) is 0 Å². The topological polar surface area (TPSA) is 72.3 Å². The first-order valence-electron chi connectivity index (χ1n) is 6.48. The maximum absolute atomic E-state index is 5.95. The molecule has 3 heterocycles. The van der Waals surface area contributed by atoms with Gasteiger partial charge < -0.3 is 10.6 Å². The minimum absolute atomic E-state index is 0.333. The quantitative estimate of drug-likeness (QED) is 0.840. The van der Waals surface area contributed by atoms with Gasteiger partial charge in [-0.15, -0.1) is 0 Å². The van der Waals surface area contributed by atoms with Gasteiger partial charge in [-0.25, -0.2) is 4.98 Å². The van der Waals surface area contributed by atoms with Gasteiger partial charge in [0.05, 0.1) is 0 Å². The van der Waals surface area contributed by atoms with Gasteiger partial charge >= 0.3 is 0 Å². The average molecular weight is 246 g/mol. The summed E-state index contributed by atoms with van der Waals surface area (Å²) in [6.45, 7) is 4.05. The minimum atomic E-state index is 0.333. The number of hydrogen-bond donors (Lipinski definition) is 1. The van der Waals surface area contributed by atoms with E-state index in [0.29, 0.717) is 11.8 Å². The lowest BCUT2D eigenvalue weighted by molar-refractivity contribution is 0.496. The van der Waals surface area contributed by atoms with E-state index in [2.05, 4.69) is 33.0 Å². The van der Waals surface area contributed by atoms with E-state index in [4.69, 9.17) is 5.73 Å². The van der Waals surface area contributed by atoms with Crippen LogP contribution in [-0.2, 0) is 6.42 Å². The molecule has 1 saturated heterocycles. The molecular formula is C12H18N6. The van der Waals surface area contributed by atoms with E-state index < -0.39 is 0 Å². The molecule has 0 saturated carbocycles. The second-order valence-electron chi connectivity index (χ2n) is 4.76. The first-order chi connectivity index (χ1) is 8.78. The molecule has 18 heavy (non-hydrogen) atoms. The summed E-state index contributed by atoms with van der Waals surface area (Å²) in [5.41, 5.74) is 7.01. The Kier molecular flexibility index (Phi) is 2.87. The maximum Gasteiger partial charge on any atom is 0.254 e. The van der Waals surface area contributed by atoms with E-state index >= 15 is 0 Å². The van der Waals surface area contributed by atoms with Crippen LogP contribution >= 0.6 is 0 Å². The highest BCUT2D eigenvalue weighted by atomic mass is 15.4. The van der Waals surface area contributed by atoms with Gasteiger partial charge in [0.1, 0.15) is 12.1 Å². The molecule has 0 aliphatic carbocycles. The Morgan fingerprint density at radius 3 is 2.89 bits per heavy atom. The van der Waals surface area contributed by atoms with Crippen molar-refractivity contribution in [2.75, 3.05) is 18.0 Å². The van der Waals surface area contributed by atoms with Crippen LogP contribution in [0.1, 0.15) is 25.5 Å². The molecule has 0 radical (unpaired) electrons. The Hall–Kier alpha value is -1.69. The van der Waals surface area contributed by atoms with Crippen molar-refractivity contribution in [2.24, 2.45) is 5.73 Å². The molecule has 6 nitrogen and oxygen atoms in total. The highest BCUT2D eigenvalue weighted by molar-refractivity contribution is 5.47. The third-order valence-electron chi connectivity index (χ3n) is 3.51. The van der Waals surface area contributed by atoms with Gasteiger partial charge in [0.25, 0.3) is 5.78 Å². The fourth-order valence-corrected chi connectivity index (χ4v) is 2.38. The number of aryl methyl sites for hydroxylation is 1. The van der Waals surface area contributed by atoms with Gasteiger partial charge in [-0.2, -0.15) is 14.6 Å². The van der Waals surface area contributed by atoms with Crippen LogP contribution in [0.25, 0.3) is 5.78 Å². The van der Waals surface area contributed by atoms with Crippen molar-refractivity contribution < 1.29 is 0 Å². The van der Waals surface area contributed by atoms with Crippen molar-refractivity contribution in [3.8, 4) is 0 Å². The van der Waals surface area contributed by atoms with Gasteiger partial charge in [-0.05, 0) is 19.3 Å². The molecule has 1 aliphatic rings. The van der Waals surface area contributed by atoms with Crippen molar-refractivity contribution in [3.05, 3.63) is 18.1 Å². The minimum Gasteiger partial charge on any atom is -0.356 e. The Morgan fingerprint density at radius 1 is 1.39 bits per heavy atom. The summed E-state index contributed by atoms with van der Waals surface area (Å²) in [7, 11) is 0. The Balaban J connectivity index is 2.01. The summed E-state index contributed by atoms with van der Waals surface area (Å²) in [4.78, 5) is 11.0. The first-order valence-corrected chi connectivity index (χ1v) is 6.48. The molecule has 0 spiro atoms. The van der Waals surface area contributed by atoms with Crippen molar-refractivity contribution in [1.82, 2.24) is 19.6 Å². The predicted molar refractivity (Wildman–Crippen MR) is 69.6 cm³/mol. The van der Waals surface area contributed by atoms with Crippen LogP contribution in [-0.4, -0.2) is 38.7 Å². The molecule has 0 aromatic carbocycles. The molecule has 3 rings (SSSR count). The van der Waals surface area contributed by atoms with Crippen LogP contribution in [0.3, 0.4) is 0 Å². The zero-order valence-corrected chi connectivity index (χ0v) is 10.6. The summed E-state index contributed by atoms with van der Waals surface area (Å²) in [5.74, 6) is 1.76. The van der Waals surface area contributed by atoms with E-state index in [1.807, 2.05) is 4.52 Å². The number of fused-ring (bicyclic) bond motifs is 1. The molecule has 96 valence electrons. The van der Waals surface area contributed by atoms with Crippen LogP contribution in [0.2, 0.25) is 0 Å². The SMILES string of the molecule is CCc1cc(N2CCC(N)CC2)n2ncnc2n1. The number of nitrogens with two attached hydrogens (primary N) is 1. The van der Waals surface area contributed by atoms with Gasteiger partial charge in [-0.3, -0.25) is 0 Å². The monoisotopic (exact) mass is 246 g/mol. The summed E-state index contributed by atoms with van der Waals surface area (Å²) >= 11 is 0. The molecule has 1 aliphatic heterocycles. The summed E-state index contributed by atoms with van der Waals surface area (Å²) in [6.07, 6.45) is 4.52. The molecule has 2 N–H and O–H groups in total. The van der Waals surface area contributed by atoms with Crippen molar-refractivity contribution in [2.45, 2.75) is 32.2 Å². The van der Waals surface area contributed by atoms with E-state index in [1.54, 1.807) is 6.33 Å². The summed E-state index contributed by atoms with van der Waals surface area (Å²) < 4.78 is 1.82. The smallest absolute Gasteiger partial charge is 0.254 e. The molecule has 6 heteroatoms. The number of anilines is 1.